The standard InChI is InChI=1S/C16H15N5S2/c1-17-14-11-13(21(2)8-18-11)12-16(20-14)23-15(19-12)9-5-4-6-10(7-9)22-3/h4-8H,1-3H3,(H,17,20). The van der Waals surface area contributed by atoms with Crippen molar-refractivity contribution in [3.05, 3.63) is 30.6 Å². The molecular weight excluding hydrogens is 326 g/mol. The Morgan fingerprint density at radius 1 is 1.22 bits per heavy atom. The van der Waals surface area contributed by atoms with Gasteiger partial charge < -0.3 is 9.88 Å². The molecule has 4 rings (SSSR count). The smallest absolute Gasteiger partial charge is 0.155 e. The predicted octanol–water partition coefficient (Wildman–Crippen LogP) is 4.01. The first kappa shape index (κ1) is 14.5. The largest absolute Gasteiger partial charge is 0.371 e. The van der Waals surface area contributed by atoms with Crippen LogP contribution in [0.5, 0.6) is 0 Å². The zero-order valence-corrected chi connectivity index (χ0v) is 14.6. The highest BCUT2D eigenvalue weighted by atomic mass is 32.2. The van der Waals surface area contributed by atoms with E-state index in [-0.39, 0.29) is 0 Å². The Balaban J connectivity index is 2.00. The van der Waals surface area contributed by atoms with Crippen molar-refractivity contribution in [2.45, 2.75) is 4.90 Å². The second-order valence-electron chi connectivity index (χ2n) is 5.17. The van der Waals surface area contributed by atoms with Crippen LogP contribution in [0.15, 0.2) is 35.5 Å². The fourth-order valence-electron chi connectivity index (χ4n) is 2.63. The highest BCUT2D eigenvalue weighted by Gasteiger charge is 2.17. The minimum Gasteiger partial charge on any atom is -0.371 e. The van der Waals surface area contributed by atoms with Crippen LogP contribution in [0.4, 0.5) is 5.82 Å². The van der Waals surface area contributed by atoms with Crippen molar-refractivity contribution in [1.29, 1.82) is 0 Å². The Labute approximate surface area is 141 Å². The molecule has 3 heterocycles. The molecule has 0 fully saturated rings. The number of anilines is 1. The van der Waals surface area contributed by atoms with Crippen LogP contribution in [0.3, 0.4) is 0 Å². The van der Waals surface area contributed by atoms with Gasteiger partial charge in [0, 0.05) is 24.6 Å². The molecule has 0 atom stereocenters. The van der Waals surface area contributed by atoms with E-state index in [9.17, 15) is 0 Å². The molecular formula is C16H15N5S2. The van der Waals surface area contributed by atoms with Gasteiger partial charge in [0.2, 0.25) is 0 Å². The van der Waals surface area contributed by atoms with E-state index in [1.54, 1.807) is 29.4 Å². The Morgan fingerprint density at radius 2 is 2.09 bits per heavy atom. The summed E-state index contributed by atoms with van der Waals surface area (Å²) in [6.07, 6.45) is 3.89. The summed E-state index contributed by atoms with van der Waals surface area (Å²) in [6.45, 7) is 0. The van der Waals surface area contributed by atoms with Crippen LogP contribution in [-0.2, 0) is 7.05 Å². The van der Waals surface area contributed by atoms with E-state index >= 15 is 0 Å². The fourth-order valence-corrected chi connectivity index (χ4v) is 4.03. The van der Waals surface area contributed by atoms with Crippen molar-refractivity contribution in [2.24, 2.45) is 7.05 Å². The number of hydrogen-bond acceptors (Lipinski definition) is 6. The minimum absolute atomic E-state index is 0.793. The Kier molecular flexibility index (Phi) is 3.46. The molecule has 0 saturated heterocycles. The first-order chi connectivity index (χ1) is 11.2. The van der Waals surface area contributed by atoms with E-state index in [1.807, 2.05) is 18.7 Å². The summed E-state index contributed by atoms with van der Waals surface area (Å²) in [5.41, 5.74) is 3.91. The van der Waals surface area contributed by atoms with E-state index in [0.717, 1.165) is 37.8 Å². The summed E-state index contributed by atoms with van der Waals surface area (Å²) < 4.78 is 2.00. The van der Waals surface area contributed by atoms with Crippen LogP contribution in [-0.4, -0.2) is 32.8 Å². The zero-order chi connectivity index (χ0) is 16.0. The summed E-state index contributed by atoms with van der Waals surface area (Å²) in [7, 11) is 3.85. The second kappa shape index (κ2) is 5.50. The lowest BCUT2D eigenvalue weighted by molar-refractivity contribution is 0.949. The third-order valence-corrected chi connectivity index (χ3v) is 5.49. The van der Waals surface area contributed by atoms with Gasteiger partial charge in [0.1, 0.15) is 26.4 Å². The van der Waals surface area contributed by atoms with Gasteiger partial charge in [-0.1, -0.05) is 23.5 Å². The lowest BCUT2D eigenvalue weighted by Gasteiger charge is -2.01. The van der Waals surface area contributed by atoms with Crippen molar-refractivity contribution in [3.8, 4) is 10.6 Å². The SMILES string of the molecule is CNc1nc2sc(-c3cccc(SC)c3)nc2c2c1ncn2C. The molecule has 5 nitrogen and oxygen atoms in total. The molecule has 0 saturated carbocycles. The van der Waals surface area contributed by atoms with Crippen LogP contribution < -0.4 is 5.32 Å². The maximum atomic E-state index is 4.85. The molecule has 0 unspecified atom stereocenters. The normalized spacial score (nSPS) is 11.4. The van der Waals surface area contributed by atoms with E-state index < -0.39 is 0 Å². The van der Waals surface area contributed by atoms with Crippen LogP contribution >= 0.6 is 23.1 Å². The maximum Gasteiger partial charge on any atom is 0.155 e. The highest BCUT2D eigenvalue weighted by Crippen LogP contribution is 2.35. The van der Waals surface area contributed by atoms with Gasteiger partial charge in [0.05, 0.1) is 6.33 Å². The average molecular weight is 341 g/mol. The lowest BCUT2D eigenvalue weighted by Crippen LogP contribution is -1.95. The third kappa shape index (κ3) is 2.27. The third-order valence-electron chi connectivity index (χ3n) is 3.76. The van der Waals surface area contributed by atoms with Gasteiger partial charge in [-0.2, -0.15) is 0 Å². The summed E-state index contributed by atoms with van der Waals surface area (Å²) in [5.74, 6) is 0.793. The zero-order valence-electron chi connectivity index (χ0n) is 13.0. The average Bonchev–Trinajstić information content (AvgIpc) is 3.17. The molecule has 1 aromatic carbocycles. The first-order valence-electron chi connectivity index (χ1n) is 7.15. The number of aromatic nitrogens is 4. The second-order valence-corrected chi connectivity index (χ2v) is 7.03. The number of benzene rings is 1. The number of pyridine rings is 1. The number of fused-ring (bicyclic) bond motifs is 3. The highest BCUT2D eigenvalue weighted by molar-refractivity contribution is 7.98. The van der Waals surface area contributed by atoms with E-state index in [1.165, 1.54) is 4.90 Å². The fraction of sp³-hybridized carbons (Fsp3) is 0.188. The van der Waals surface area contributed by atoms with E-state index in [2.05, 4.69) is 45.8 Å². The van der Waals surface area contributed by atoms with Crippen molar-refractivity contribution in [2.75, 3.05) is 18.6 Å². The Morgan fingerprint density at radius 3 is 2.87 bits per heavy atom. The van der Waals surface area contributed by atoms with E-state index in [4.69, 9.17) is 4.98 Å². The molecule has 0 amide bonds. The van der Waals surface area contributed by atoms with Gasteiger partial charge in [-0.15, -0.1) is 11.8 Å². The quantitative estimate of drug-likeness (QED) is 0.571. The van der Waals surface area contributed by atoms with E-state index in [0.29, 0.717) is 0 Å². The molecule has 7 heteroatoms. The van der Waals surface area contributed by atoms with Gasteiger partial charge in [0.25, 0.3) is 0 Å². The number of hydrogen-bond donors (Lipinski definition) is 1. The predicted molar refractivity (Wildman–Crippen MR) is 98.5 cm³/mol. The molecule has 0 aliphatic rings. The van der Waals surface area contributed by atoms with Crippen LogP contribution in [0.1, 0.15) is 0 Å². The molecule has 0 aliphatic carbocycles. The molecule has 4 aromatic rings. The summed E-state index contributed by atoms with van der Waals surface area (Å²) in [5, 5.41) is 4.12. The first-order valence-corrected chi connectivity index (χ1v) is 9.19. The van der Waals surface area contributed by atoms with Gasteiger partial charge in [-0.25, -0.2) is 15.0 Å². The number of nitrogens with zero attached hydrogens (tertiary/aromatic N) is 4. The minimum atomic E-state index is 0.793. The number of imidazole rings is 1. The molecule has 0 aliphatic heterocycles. The molecule has 0 spiro atoms. The van der Waals surface area contributed by atoms with Gasteiger partial charge in [0.15, 0.2) is 5.82 Å². The summed E-state index contributed by atoms with van der Waals surface area (Å²) in [6, 6.07) is 8.44. The van der Waals surface area contributed by atoms with Gasteiger partial charge >= 0.3 is 0 Å². The number of thioether (sulfide) groups is 1. The van der Waals surface area contributed by atoms with Crippen molar-refractivity contribution < 1.29 is 0 Å². The number of aryl methyl sites for hydroxylation is 1. The summed E-state index contributed by atoms with van der Waals surface area (Å²) in [4.78, 5) is 16.1. The van der Waals surface area contributed by atoms with Crippen molar-refractivity contribution in [3.63, 3.8) is 0 Å². The topological polar surface area (TPSA) is 55.6 Å². The van der Waals surface area contributed by atoms with Crippen molar-refractivity contribution >= 4 is 50.3 Å². The number of thiazole rings is 1. The Hall–Kier alpha value is -2.12. The molecule has 23 heavy (non-hydrogen) atoms. The van der Waals surface area contributed by atoms with Gasteiger partial charge in [-0.3, -0.25) is 0 Å². The maximum absolute atomic E-state index is 4.85. The van der Waals surface area contributed by atoms with Crippen LogP contribution in [0.25, 0.3) is 32.0 Å². The molecule has 0 bridgehead atoms. The Bertz CT molecular complexity index is 1020. The molecule has 116 valence electrons. The molecule has 0 radical (unpaired) electrons. The van der Waals surface area contributed by atoms with Crippen LogP contribution in [0, 0.1) is 0 Å². The monoisotopic (exact) mass is 341 g/mol. The number of nitrogens with one attached hydrogen (secondary N) is 1. The summed E-state index contributed by atoms with van der Waals surface area (Å²) >= 11 is 3.35. The van der Waals surface area contributed by atoms with Gasteiger partial charge in [-0.05, 0) is 18.4 Å². The molecule has 1 N–H and O–H groups in total. The number of rotatable bonds is 3. The molecule has 3 aromatic heterocycles. The van der Waals surface area contributed by atoms with Crippen LogP contribution in [0.2, 0.25) is 0 Å². The lowest BCUT2D eigenvalue weighted by atomic mass is 10.2. The van der Waals surface area contributed by atoms with Crippen molar-refractivity contribution in [1.82, 2.24) is 19.5 Å².